The lowest BCUT2D eigenvalue weighted by Gasteiger charge is -2.25. The summed E-state index contributed by atoms with van der Waals surface area (Å²) in [5, 5.41) is 6.52. The average Bonchev–Trinajstić information content (AvgIpc) is 2.72. The van der Waals surface area contributed by atoms with E-state index in [0.29, 0.717) is 24.4 Å². The number of carbonyl (C=O) groups is 1. The standard InChI is InChI=1S/C16H33N3O2/c1-12(2)13(9-17-14-7-8-19(6)11-14)10-18-15(20)21-16(3,4)5/h12-14,17H,7-11H2,1-6H3,(H,18,20). The third-order valence-electron chi connectivity index (χ3n) is 3.91. The van der Waals surface area contributed by atoms with Crippen LogP contribution < -0.4 is 10.6 Å². The highest BCUT2D eigenvalue weighted by molar-refractivity contribution is 5.67. The molecule has 0 radical (unpaired) electrons. The van der Waals surface area contributed by atoms with E-state index in [-0.39, 0.29) is 6.09 Å². The molecule has 21 heavy (non-hydrogen) atoms. The normalized spacial score (nSPS) is 21.6. The molecule has 5 heteroatoms. The largest absolute Gasteiger partial charge is 0.444 e. The molecule has 1 amide bonds. The first-order chi connectivity index (χ1) is 9.67. The maximum atomic E-state index is 11.7. The van der Waals surface area contributed by atoms with Crippen molar-refractivity contribution in [2.45, 2.75) is 52.7 Å². The Labute approximate surface area is 129 Å². The summed E-state index contributed by atoms with van der Waals surface area (Å²) >= 11 is 0. The molecule has 0 saturated carbocycles. The van der Waals surface area contributed by atoms with Crippen LogP contribution >= 0.6 is 0 Å². The molecule has 2 atom stereocenters. The first kappa shape index (κ1) is 18.2. The van der Waals surface area contributed by atoms with Crippen LogP contribution in [-0.4, -0.2) is 55.9 Å². The van der Waals surface area contributed by atoms with Crippen molar-refractivity contribution in [2.24, 2.45) is 11.8 Å². The molecule has 1 saturated heterocycles. The highest BCUT2D eigenvalue weighted by Gasteiger charge is 2.22. The zero-order chi connectivity index (χ0) is 16.0. The van der Waals surface area contributed by atoms with Crippen LogP contribution in [0.25, 0.3) is 0 Å². The number of nitrogens with one attached hydrogen (secondary N) is 2. The number of carbonyl (C=O) groups excluding carboxylic acids is 1. The lowest BCUT2D eigenvalue weighted by molar-refractivity contribution is 0.0514. The molecular weight excluding hydrogens is 266 g/mol. The van der Waals surface area contributed by atoms with Crippen molar-refractivity contribution in [2.75, 3.05) is 33.2 Å². The summed E-state index contributed by atoms with van der Waals surface area (Å²) in [6, 6.07) is 0.581. The zero-order valence-corrected chi connectivity index (χ0v) is 14.5. The number of rotatable bonds is 6. The second-order valence-corrected chi connectivity index (χ2v) is 7.54. The van der Waals surface area contributed by atoms with Gasteiger partial charge in [-0.05, 0) is 52.6 Å². The van der Waals surface area contributed by atoms with Crippen LogP contribution in [0.5, 0.6) is 0 Å². The molecule has 1 aliphatic heterocycles. The predicted molar refractivity (Wildman–Crippen MR) is 86.5 cm³/mol. The SMILES string of the molecule is CC(C)C(CNC(=O)OC(C)(C)C)CNC1CCN(C)C1. The maximum Gasteiger partial charge on any atom is 0.407 e. The number of ether oxygens (including phenoxy) is 1. The van der Waals surface area contributed by atoms with E-state index in [0.717, 1.165) is 13.1 Å². The summed E-state index contributed by atoms with van der Waals surface area (Å²) in [4.78, 5) is 14.1. The first-order valence-electron chi connectivity index (χ1n) is 8.06. The maximum absolute atomic E-state index is 11.7. The van der Waals surface area contributed by atoms with Gasteiger partial charge < -0.3 is 20.3 Å². The van der Waals surface area contributed by atoms with Crippen molar-refractivity contribution in [1.82, 2.24) is 15.5 Å². The van der Waals surface area contributed by atoms with Crippen LogP contribution in [0.3, 0.4) is 0 Å². The minimum atomic E-state index is -0.440. The minimum absolute atomic E-state index is 0.325. The number of hydrogen-bond acceptors (Lipinski definition) is 4. The molecule has 1 fully saturated rings. The van der Waals surface area contributed by atoms with Crippen LogP contribution in [0.2, 0.25) is 0 Å². The summed E-state index contributed by atoms with van der Waals surface area (Å²) in [5.74, 6) is 0.940. The van der Waals surface area contributed by atoms with E-state index in [4.69, 9.17) is 4.74 Å². The molecule has 1 heterocycles. The van der Waals surface area contributed by atoms with Gasteiger partial charge in [-0.1, -0.05) is 13.8 Å². The molecular formula is C16H33N3O2. The molecule has 0 aromatic rings. The topological polar surface area (TPSA) is 53.6 Å². The smallest absolute Gasteiger partial charge is 0.407 e. The highest BCUT2D eigenvalue weighted by Crippen LogP contribution is 2.12. The second-order valence-electron chi connectivity index (χ2n) is 7.54. The molecule has 0 bridgehead atoms. The van der Waals surface area contributed by atoms with Crippen molar-refractivity contribution in [3.8, 4) is 0 Å². The van der Waals surface area contributed by atoms with Gasteiger partial charge in [0.25, 0.3) is 0 Å². The predicted octanol–water partition coefficient (Wildman–Crippen LogP) is 2.08. The van der Waals surface area contributed by atoms with E-state index in [1.165, 1.54) is 13.0 Å². The summed E-state index contributed by atoms with van der Waals surface area (Å²) in [6.45, 7) is 13.9. The Morgan fingerprint density at radius 3 is 2.48 bits per heavy atom. The fourth-order valence-corrected chi connectivity index (χ4v) is 2.49. The number of likely N-dealkylation sites (N-methyl/N-ethyl adjacent to an activating group) is 1. The minimum Gasteiger partial charge on any atom is -0.444 e. The van der Waals surface area contributed by atoms with Gasteiger partial charge in [0, 0.05) is 25.7 Å². The van der Waals surface area contributed by atoms with Gasteiger partial charge in [0.15, 0.2) is 0 Å². The Bertz CT molecular complexity index is 326. The van der Waals surface area contributed by atoms with Crippen LogP contribution in [-0.2, 0) is 4.74 Å². The monoisotopic (exact) mass is 299 g/mol. The number of nitrogens with zero attached hydrogens (tertiary/aromatic N) is 1. The second kappa shape index (κ2) is 7.99. The molecule has 2 N–H and O–H groups in total. The van der Waals surface area contributed by atoms with Crippen LogP contribution in [0.4, 0.5) is 4.79 Å². The van der Waals surface area contributed by atoms with Crippen molar-refractivity contribution >= 4 is 6.09 Å². The summed E-state index contributed by atoms with van der Waals surface area (Å²) in [7, 11) is 2.16. The Morgan fingerprint density at radius 2 is 2.00 bits per heavy atom. The molecule has 0 aromatic heterocycles. The summed E-state index contributed by atoms with van der Waals surface area (Å²) in [5.41, 5.74) is -0.440. The lowest BCUT2D eigenvalue weighted by atomic mass is 9.95. The third-order valence-corrected chi connectivity index (χ3v) is 3.91. The van der Waals surface area contributed by atoms with Gasteiger partial charge in [0.1, 0.15) is 5.60 Å². The van der Waals surface area contributed by atoms with Gasteiger partial charge in [-0.25, -0.2) is 4.79 Å². The van der Waals surface area contributed by atoms with Gasteiger partial charge in [0.2, 0.25) is 0 Å². The Kier molecular flexibility index (Phi) is 6.94. The Hall–Kier alpha value is -0.810. The lowest BCUT2D eigenvalue weighted by Crippen LogP contribution is -2.42. The van der Waals surface area contributed by atoms with E-state index < -0.39 is 5.60 Å². The van der Waals surface area contributed by atoms with Gasteiger partial charge in [-0.15, -0.1) is 0 Å². The molecule has 0 spiro atoms. The van der Waals surface area contributed by atoms with Crippen molar-refractivity contribution in [3.05, 3.63) is 0 Å². The van der Waals surface area contributed by atoms with Crippen LogP contribution in [0.1, 0.15) is 41.0 Å². The van der Waals surface area contributed by atoms with E-state index in [1.807, 2.05) is 20.8 Å². The zero-order valence-electron chi connectivity index (χ0n) is 14.5. The average molecular weight is 299 g/mol. The number of likely N-dealkylation sites (tertiary alicyclic amines) is 1. The first-order valence-corrected chi connectivity index (χ1v) is 8.06. The van der Waals surface area contributed by atoms with Gasteiger partial charge in [0.05, 0.1) is 0 Å². The summed E-state index contributed by atoms with van der Waals surface area (Å²) < 4.78 is 5.28. The van der Waals surface area contributed by atoms with Crippen LogP contribution in [0, 0.1) is 11.8 Å². The fourth-order valence-electron chi connectivity index (χ4n) is 2.49. The Morgan fingerprint density at radius 1 is 1.33 bits per heavy atom. The van der Waals surface area contributed by atoms with E-state index in [2.05, 4.69) is 36.4 Å². The van der Waals surface area contributed by atoms with Crippen LogP contribution in [0.15, 0.2) is 0 Å². The quantitative estimate of drug-likeness (QED) is 0.788. The number of alkyl carbamates (subject to hydrolysis) is 1. The van der Waals surface area contributed by atoms with E-state index >= 15 is 0 Å². The van der Waals surface area contributed by atoms with Crippen molar-refractivity contribution < 1.29 is 9.53 Å². The van der Waals surface area contributed by atoms with Crippen molar-refractivity contribution in [3.63, 3.8) is 0 Å². The number of amides is 1. The third kappa shape index (κ3) is 7.67. The van der Waals surface area contributed by atoms with Gasteiger partial charge in [-0.3, -0.25) is 0 Å². The molecule has 0 aromatic carbocycles. The van der Waals surface area contributed by atoms with Gasteiger partial charge >= 0.3 is 6.09 Å². The van der Waals surface area contributed by atoms with Crippen molar-refractivity contribution in [1.29, 1.82) is 0 Å². The molecule has 124 valence electrons. The molecule has 1 rings (SSSR count). The Balaban J connectivity index is 2.31. The molecule has 1 aliphatic rings. The number of hydrogen-bond donors (Lipinski definition) is 2. The highest BCUT2D eigenvalue weighted by atomic mass is 16.6. The molecule has 2 unspecified atom stereocenters. The van der Waals surface area contributed by atoms with Gasteiger partial charge in [-0.2, -0.15) is 0 Å². The fraction of sp³-hybridized carbons (Fsp3) is 0.938. The van der Waals surface area contributed by atoms with E-state index in [1.54, 1.807) is 0 Å². The molecule has 5 nitrogen and oxygen atoms in total. The van der Waals surface area contributed by atoms with E-state index in [9.17, 15) is 4.79 Å². The summed E-state index contributed by atoms with van der Waals surface area (Å²) in [6.07, 6.45) is 0.884. The molecule has 0 aliphatic carbocycles.